The number of rotatable bonds is 3. The predicted octanol–water partition coefficient (Wildman–Crippen LogP) is 2.18. The number of carbonyl (C=O) groups is 1. The first-order valence-electron chi connectivity index (χ1n) is 6.04. The van der Waals surface area contributed by atoms with E-state index in [4.69, 9.17) is 5.73 Å². The van der Waals surface area contributed by atoms with Gasteiger partial charge in [0.1, 0.15) is 5.52 Å². The van der Waals surface area contributed by atoms with Crippen LogP contribution in [-0.4, -0.2) is 15.7 Å². The summed E-state index contributed by atoms with van der Waals surface area (Å²) >= 11 is 0. The van der Waals surface area contributed by atoms with Gasteiger partial charge in [-0.25, -0.2) is 0 Å². The molecule has 0 saturated heterocycles. The van der Waals surface area contributed by atoms with Crippen LogP contribution in [0.2, 0.25) is 0 Å². The number of nitrogens with two attached hydrogens (primary N) is 1. The number of primary amides is 1. The SMILES string of the molecule is NC(=O)c1cccc2cn(Cc3ccccc3)nc12. The number of carbonyl (C=O) groups excluding carboxylic acids is 1. The summed E-state index contributed by atoms with van der Waals surface area (Å²) in [6.07, 6.45) is 1.93. The van der Waals surface area contributed by atoms with Gasteiger partial charge < -0.3 is 5.73 Å². The fourth-order valence-corrected chi connectivity index (χ4v) is 2.15. The first kappa shape index (κ1) is 11.5. The zero-order chi connectivity index (χ0) is 13.2. The maximum absolute atomic E-state index is 11.4. The molecular weight excluding hydrogens is 238 g/mol. The fourth-order valence-electron chi connectivity index (χ4n) is 2.15. The second-order valence-corrected chi connectivity index (χ2v) is 4.42. The Balaban J connectivity index is 2.03. The van der Waals surface area contributed by atoms with Crippen LogP contribution in [0.1, 0.15) is 15.9 Å². The van der Waals surface area contributed by atoms with E-state index in [0.717, 1.165) is 10.9 Å². The van der Waals surface area contributed by atoms with Gasteiger partial charge >= 0.3 is 0 Å². The quantitative estimate of drug-likeness (QED) is 0.775. The van der Waals surface area contributed by atoms with Gasteiger partial charge in [0.05, 0.1) is 12.1 Å². The minimum atomic E-state index is -0.449. The summed E-state index contributed by atoms with van der Waals surface area (Å²) in [6.45, 7) is 0.674. The number of benzene rings is 2. The Morgan fingerprint density at radius 3 is 2.63 bits per heavy atom. The van der Waals surface area contributed by atoms with Crippen molar-refractivity contribution in [2.24, 2.45) is 5.73 Å². The zero-order valence-corrected chi connectivity index (χ0v) is 10.3. The highest BCUT2D eigenvalue weighted by Crippen LogP contribution is 2.17. The lowest BCUT2D eigenvalue weighted by Crippen LogP contribution is -2.11. The largest absolute Gasteiger partial charge is 0.366 e. The molecule has 0 aliphatic rings. The predicted molar refractivity (Wildman–Crippen MR) is 73.8 cm³/mol. The topological polar surface area (TPSA) is 60.9 Å². The summed E-state index contributed by atoms with van der Waals surface area (Å²) in [6, 6.07) is 15.5. The summed E-state index contributed by atoms with van der Waals surface area (Å²) in [7, 11) is 0. The van der Waals surface area contributed by atoms with Crippen molar-refractivity contribution in [3.05, 3.63) is 65.9 Å². The minimum absolute atomic E-state index is 0.449. The van der Waals surface area contributed by atoms with E-state index in [9.17, 15) is 4.79 Å². The molecule has 0 radical (unpaired) electrons. The molecule has 0 fully saturated rings. The van der Waals surface area contributed by atoms with Crippen molar-refractivity contribution in [2.45, 2.75) is 6.54 Å². The Kier molecular flexibility index (Phi) is 2.76. The number of fused-ring (bicyclic) bond motifs is 1. The van der Waals surface area contributed by atoms with Crippen LogP contribution in [0.15, 0.2) is 54.7 Å². The monoisotopic (exact) mass is 251 g/mol. The lowest BCUT2D eigenvalue weighted by Gasteiger charge is -2.00. The van der Waals surface area contributed by atoms with Crippen LogP contribution in [0.25, 0.3) is 10.9 Å². The number of amides is 1. The third-order valence-corrected chi connectivity index (χ3v) is 3.04. The summed E-state index contributed by atoms with van der Waals surface area (Å²) in [5.74, 6) is -0.449. The van der Waals surface area contributed by atoms with Crippen molar-refractivity contribution < 1.29 is 4.79 Å². The van der Waals surface area contributed by atoms with Gasteiger partial charge in [-0.05, 0) is 11.6 Å². The van der Waals surface area contributed by atoms with Crippen molar-refractivity contribution in [3.63, 3.8) is 0 Å². The molecule has 2 N–H and O–H groups in total. The van der Waals surface area contributed by atoms with Crippen LogP contribution in [0.5, 0.6) is 0 Å². The van der Waals surface area contributed by atoms with Crippen LogP contribution < -0.4 is 5.73 Å². The maximum Gasteiger partial charge on any atom is 0.250 e. The molecule has 0 bridgehead atoms. The Labute approximate surface area is 110 Å². The molecule has 1 amide bonds. The highest BCUT2D eigenvalue weighted by molar-refractivity contribution is 6.04. The van der Waals surface area contributed by atoms with Crippen molar-refractivity contribution >= 4 is 16.8 Å². The van der Waals surface area contributed by atoms with Gasteiger partial charge in [-0.2, -0.15) is 5.10 Å². The van der Waals surface area contributed by atoms with E-state index in [1.54, 1.807) is 6.07 Å². The molecule has 0 spiro atoms. The number of nitrogens with zero attached hydrogens (tertiary/aromatic N) is 2. The first-order valence-corrected chi connectivity index (χ1v) is 6.04. The van der Waals surface area contributed by atoms with Gasteiger partial charge in [0.15, 0.2) is 0 Å². The molecule has 0 unspecified atom stereocenters. The Hall–Kier alpha value is -2.62. The van der Waals surface area contributed by atoms with Gasteiger partial charge in [-0.15, -0.1) is 0 Å². The average molecular weight is 251 g/mol. The smallest absolute Gasteiger partial charge is 0.250 e. The molecule has 4 nitrogen and oxygen atoms in total. The van der Waals surface area contributed by atoms with Gasteiger partial charge in [0.2, 0.25) is 0 Å². The van der Waals surface area contributed by atoms with E-state index in [1.807, 2.05) is 53.3 Å². The van der Waals surface area contributed by atoms with E-state index in [-0.39, 0.29) is 0 Å². The van der Waals surface area contributed by atoms with Crippen molar-refractivity contribution in [3.8, 4) is 0 Å². The number of aromatic nitrogens is 2. The Morgan fingerprint density at radius 2 is 1.89 bits per heavy atom. The summed E-state index contributed by atoms with van der Waals surface area (Å²) in [5, 5.41) is 5.37. The lowest BCUT2D eigenvalue weighted by atomic mass is 10.1. The molecule has 94 valence electrons. The molecule has 3 aromatic rings. The molecule has 19 heavy (non-hydrogen) atoms. The molecule has 0 aliphatic carbocycles. The van der Waals surface area contributed by atoms with Crippen LogP contribution in [0.3, 0.4) is 0 Å². The molecule has 3 rings (SSSR count). The van der Waals surface area contributed by atoms with Gasteiger partial charge in [-0.3, -0.25) is 9.48 Å². The molecule has 0 saturated carbocycles. The Morgan fingerprint density at radius 1 is 1.11 bits per heavy atom. The average Bonchev–Trinajstić information content (AvgIpc) is 2.81. The van der Waals surface area contributed by atoms with Crippen molar-refractivity contribution in [1.29, 1.82) is 0 Å². The Bertz CT molecular complexity index is 731. The van der Waals surface area contributed by atoms with E-state index in [2.05, 4.69) is 5.10 Å². The van der Waals surface area contributed by atoms with Crippen molar-refractivity contribution in [1.82, 2.24) is 9.78 Å². The van der Waals surface area contributed by atoms with Crippen molar-refractivity contribution in [2.75, 3.05) is 0 Å². The normalized spacial score (nSPS) is 10.7. The molecule has 0 atom stereocenters. The third kappa shape index (κ3) is 2.20. The zero-order valence-electron chi connectivity index (χ0n) is 10.3. The van der Waals surface area contributed by atoms with E-state index >= 15 is 0 Å². The van der Waals surface area contributed by atoms with E-state index < -0.39 is 5.91 Å². The highest BCUT2D eigenvalue weighted by Gasteiger charge is 2.10. The first-order chi connectivity index (χ1) is 9.24. The molecule has 1 aromatic heterocycles. The molecule has 2 aromatic carbocycles. The molecule has 4 heteroatoms. The van der Waals surface area contributed by atoms with Crippen LogP contribution >= 0.6 is 0 Å². The standard InChI is InChI=1S/C15H13N3O/c16-15(19)13-8-4-7-12-10-18(17-14(12)13)9-11-5-2-1-3-6-11/h1-8,10H,9H2,(H2,16,19). The summed E-state index contributed by atoms with van der Waals surface area (Å²) in [4.78, 5) is 11.4. The fraction of sp³-hybridized carbons (Fsp3) is 0.0667. The van der Waals surface area contributed by atoms with Gasteiger partial charge in [0, 0.05) is 11.6 Å². The van der Waals surface area contributed by atoms with Crippen LogP contribution in [-0.2, 0) is 6.54 Å². The second-order valence-electron chi connectivity index (χ2n) is 4.42. The number of hydrogen-bond donors (Lipinski definition) is 1. The third-order valence-electron chi connectivity index (χ3n) is 3.04. The van der Waals surface area contributed by atoms with Crippen LogP contribution in [0, 0.1) is 0 Å². The van der Waals surface area contributed by atoms with Gasteiger partial charge in [0.25, 0.3) is 5.91 Å². The van der Waals surface area contributed by atoms with E-state index in [1.165, 1.54) is 0 Å². The van der Waals surface area contributed by atoms with Crippen LogP contribution in [0.4, 0.5) is 0 Å². The molecular formula is C15H13N3O. The lowest BCUT2D eigenvalue weighted by molar-refractivity contribution is 0.100. The maximum atomic E-state index is 11.4. The second kappa shape index (κ2) is 4.57. The molecule has 0 aliphatic heterocycles. The molecule has 1 heterocycles. The van der Waals surface area contributed by atoms with E-state index in [0.29, 0.717) is 17.6 Å². The minimum Gasteiger partial charge on any atom is -0.366 e. The highest BCUT2D eigenvalue weighted by atomic mass is 16.1. The number of hydrogen-bond acceptors (Lipinski definition) is 2. The van der Waals surface area contributed by atoms with Gasteiger partial charge in [-0.1, -0.05) is 42.5 Å². The summed E-state index contributed by atoms with van der Waals surface area (Å²) in [5.41, 5.74) is 7.64. The summed E-state index contributed by atoms with van der Waals surface area (Å²) < 4.78 is 1.83.